The number of rotatable bonds is 5. The third-order valence-electron chi connectivity index (χ3n) is 2.11. The first-order valence-corrected chi connectivity index (χ1v) is 6.50. The highest BCUT2D eigenvalue weighted by Gasteiger charge is 2.14. The Morgan fingerprint density at radius 2 is 2.25 bits per heavy atom. The third kappa shape index (κ3) is 3.28. The first kappa shape index (κ1) is 13.1. The quantitative estimate of drug-likeness (QED) is 0.501. The second kappa shape index (κ2) is 5.96. The van der Waals surface area contributed by atoms with Gasteiger partial charge in [-0.15, -0.1) is 0 Å². The van der Waals surface area contributed by atoms with Crippen LogP contribution in [-0.2, 0) is 0 Å². The van der Waals surface area contributed by atoms with Crippen LogP contribution in [0.25, 0.3) is 0 Å². The number of nitrogens with zero attached hydrogens (tertiary/aromatic N) is 1. The second-order valence-corrected chi connectivity index (χ2v) is 4.69. The summed E-state index contributed by atoms with van der Waals surface area (Å²) in [5, 5.41) is 14.0. The summed E-state index contributed by atoms with van der Waals surface area (Å²) in [4.78, 5) is 10.2. The summed E-state index contributed by atoms with van der Waals surface area (Å²) in [5.41, 5.74) is 1.64. The fraction of sp³-hybridized carbons (Fsp3) is 0.400. The molecule has 0 bridgehead atoms. The van der Waals surface area contributed by atoms with Crippen molar-refractivity contribution in [3.8, 4) is 0 Å². The molecule has 88 valence electrons. The molecule has 0 aliphatic rings. The molecule has 0 unspecified atom stereocenters. The van der Waals surface area contributed by atoms with Gasteiger partial charge in [0.1, 0.15) is 5.02 Å². The van der Waals surface area contributed by atoms with Crippen LogP contribution >= 0.6 is 23.4 Å². The number of hydrogen-bond donors (Lipinski definition) is 1. The lowest BCUT2D eigenvalue weighted by Crippen LogP contribution is -2.05. The Morgan fingerprint density at radius 3 is 2.81 bits per heavy atom. The van der Waals surface area contributed by atoms with E-state index in [-0.39, 0.29) is 10.7 Å². The van der Waals surface area contributed by atoms with Crippen LogP contribution in [0.1, 0.15) is 5.56 Å². The molecule has 0 fully saturated rings. The summed E-state index contributed by atoms with van der Waals surface area (Å²) < 4.78 is 0. The molecule has 1 aromatic carbocycles. The third-order valence-corrected chi connectivity index (χ3v) is 3.03. The average Bonchev–Trinajstić information content (AvgIpc) is 2.22. The number of nitro benzene ring substituents is 1. The number of anilines is 1. The van der Waals surface area contributed by atoms with Gasteiger partial charge in [-0.2, -0.15) is 11.8 Å². The lowest BCUT2D eigenvalue weighted by atomic mass is 10.2. The van der Waals surface area contributed by atoms with Gasteiger partial charge in [-0.1, -0.05) is 11.6 Å². The molecular weight excluding hydrogens is 248 g/mol. The first-order valence-electron chi connectivity index (χ1n) is 4.73. The zero-order chi connectivity index (χ0) is 12.1. The molecule has 1 rings (SSSR count). The van der Waals surface area contributed by atoms with E-state index in [9.17, 15) is 10.1 Å². The number of halogens is 1. The molecule has 1 N–H and O–H groups in total. The Hall–Kier alpha value is -0.940. The van der Waals surface area contributed by atoms with E-state index in [0.29, 0.717) is 0 Å². The Kier molecular flexibility index (Phi) is 4.89. The van der Waals surface area contributed by atoms with Crippen LogP contribution in [0.15, 0.2) is 12.1 Å². The zero-order valence-corrected chi connectivity index (χ0v) is 10.7. The van der Waals surface area contributed by atoms with Crippen molar-refractivity contribution in [1.82, 2.24) is 0 Å². The van der Waals surface area contributed by atoms with Crippen molar-refractivity contribution in [3.05, 3.63) is 32.8 Å². The SMILES string of the molecule is CSCCNc1cc(Cl)c([N+](=O)[O-])cc1C. The molecule has 4 nitrogen and oxygen atoms in total. The number of hydrogen-bond acceptors (Lipinski definition) is 4. The van der Waals surface area contributed by atoms with Crippen LogP contribution in [0.3, 0.4) is 0 Å². The molecule has 0 aromatic heterocycles. The van der Waals surface area contributed by atoms with Crippen LogP contribution in [-0.4, -0.2) is 23.5 Å². The van der Waals surface area contributed by atoms with Gasteiger partial charge in [0.15, 0.2) is 0 Å². The summed E-state index contributed by atoms with van der Waals surface area (Å²) in [6.45, 7) is 2.64. The van der Waals surface area contributed by atoms with E-state index in [0.717, 1.165) is 23.5 Å². The van der Waals surface area contributed by atoms with Crippen molar-refractivity contribution >= 4 is 34.7 Å². The fourth-order valence-electron chi connectivity index (χ4n) is 1.28. The first-order chi connectivity index (χ1) is 7.56. The molecule has 0 aliphatic heterocycles. The van der Waals surface area contributed by atoms with Gasteiger partial charge >= 0.3 is 0 Å². The lowest BCUT2D eigenvalue weighted by molar-refractivity contribution is -0.384. The van der Waals surface area contributed by atoms with Gasteiger partial charge in [0, 0.05) is 24.1 Å². The predicted octanol–water partition coefficient (Wildman–Crippen LogP) is 3.33. The van der Waals surface area contributed by atoms with Crippen molar-refractivity contribution < 1.29 is 4.92 Å². The highest BCUT2D eigenvalue weighted by atomic mass is 35.5. The molecule has 0 heterocycles. The molecular formula is C10H13ClN2O2S. The van der Waals surface area contributed by atoms with Gasteiger partial charge in [0.2, 0.25) is 0 Å². The Balaban J connectivity index is 2.88. The minimum atomic E-state index is -0.471. The van der Waals surface area contributed by atoms with E-state index < -0.39 is 4.92 Å². The van der Waals surface area contributed by atoms with Crippen LogP contribution in [0, 0.1) is 17.0 Å². The van der Waals surface area contributed by atoms with E-state index in [1.807, 2.05) is 13.2 Å². The highest BCUT2D eigenvalue weighted by Crippen LogP contribution is 2.30. The standard InChI is InChI=1S/C10H13ClN2O2S/c1-7-5-10(13(14)15)8(11)6-9(7)12-3-4-16-2/h5-6,12H,3-4H2,1-2H3. The molecule has 1 aromatic rings. The highest BCUT2D eigenvalue weighted by molar-refractivity contribution is 7.98. The van der Waals surface area contributed by atoms with Gasteiger partial charge in [0.05, 0.1) is 4.92 Å². The summed E-state index contributed by atoms with van der Waals surface area (Å²) in [7, 11) is 0. The molecule has 0 saturated heterocycles. The van der Waals surface area contributed by atoms with Crippen molar-refractivity contribution in [2.75, 3.05) is 23.9 Å². The summed E-state index contributed by atoms with van der Waals surface area (Å²) in [6, 6.07) is 3.10. The second-order valence-electron chi connectivity index (χ2n) is 3.30. The van der Waals surface area contributed by atoms with Crippen LogP contribution in [0.4, 0.5) is 11.4 Å². The van der Waals surface area contributed by atoms with Crippen molar-refractivity contribution in [2.24, 2.45) is 0 Å². The fourth-order valence-corrected chi connectivity index (χ4v) is 1.82. The maximum atomic E-state index is 10.6. The Labute approximate surface area is 104 Å². The van der Waals surface area contributed by atoms with Gasteiger partial charge in [-0.05, 0) is 24.8 Å². The van der Waals surface area contributed by atoms with E-state index in [4.69, 9.17) is 11.6 Å². The van der Waals surface area contributed by atoms with Crippen molar-refractivity contribution in [1.29, 1.82) is 0 Å². The number of benzene rings is 1. The maximum Gasteiger partial charge on any atom is 0.288 e. The molecule has 0 radical (unpaired) electrons. The number of thioether (sulfide) groups is 1. The van der Waals surface area contributed by atoms with Crippen molar-refractivity contribution in [3.63, 3.8) is 0 Å². The topological polar surface area (TPSA) is 55.2 Å². The average molecular weight is 261 g/mol. The molecule has 0 amide bonds. The van der Waals surface area contributed by atoms with Gasteiger partial charge in [0.25, 0.3) is 5.69 Å². The smallest absolute Gasteiger partial charge is 0.288 e. The molecule has 6 heteroatoms. The molecule has 0 atom stereocenters. The Morgan fingerprint density at radius 1 is 1.56 bits per heavy atom. The van der Waals surface area contributed by atoms with Gasteiger partial charge < -0.3 is 5.32 Å². The van der Waals surface area contributed by atoms with Crippen molar-refractivity contribution in [2.45, 2.75) is 6.92 Å². The van der Waals surface area contributed by atoms with E-state index in [1.165, 1.54) is 6.07 Å². The predicted molar refractivity (Wildman–Crippen MR) is 69.7 cm³/mol. The molecule has 0 saturated carbocycles. The normalized spacial score (nSPS) is 10.2. The number of nitro groups is 1. The Bertz CT molecular complexity index is 399. The minimum Gasteiger partial charge on any atom is -0.384 e. The zero-order valence-electron chi connectivity index (χ0n) is 9.12. The van der Waals surface area contributed by atoms with Gasteiger partial charge in [-0.25, -0.2) is 0 Å². The lowest BCUT2D eigenvalue weighted by Gasteiger charge is -2.09. The largest absolute Gasteiger partial charge is 0.384 e. The number of aryl methyl sites for hydroxylation is 1. The summed E-state index contributed by atoms with van der Waals surface area (Å²) in [5.74, 6) is 0.980. The summed E-state index contributed by atoms with van der Waals surface area (Å²) >= 11 is 7.56. The monoisotopic (exact) mass is 260 g/mol. The minimum absolute atomic E-state index is 0.0467. The van der Waals surface area contributed by atoms with Crippen LogP contribution in [0.2, 0.25) is 5.02 Å². The number of nitrogens with one attached hydrogen (secondary N) is 1. The maximum absolute atomic E-state index is 10.6. The van der Waals surface area contributed by atoms with Crippen LogP contribution < -0.4 is 5.32 Å². The van der Waals surface area contributed by atoms with Crippen LogP contribution in [0.5, 0.6) is 0 Å². The van der Waals surface area contributed by atoms with E-state index in [2.05, 4.69) is 5.32 Å². The van der Waals surface area contributed by atoms with Gasteiger partial charge in [-0.3, -0.25) is 10.1 Å². The van der Waals surface area contributed by atoms with E-state index in [1.54, 1.807) is 17.8 Å². The molecule has 0 spiro atoms. The molecule has 0 aliphatic carbocycles. The summed E-state index contributed by atoms with van der Waals surface area (Å²) in [6.07, 6.45) is 2.03. The van der Waals surface area contributed by atoms with E-state index >= 15 is 0 Å². The molecule has 16 heavy (non-hydrogen) atoms.